The molecule has 1 aliphatic heterocycles. The van der Waals surface area contributed by atoms with Gasteiger partial charge in [-0.2, -0.15) is 0 Å². The van der Waals surface area contributed by atoms with E-state index < -0.39 is 10.0 Å². The molecule has 4 aromatic rings. The van der Waals surface area contributed by atoms with Crippen molar-refractivity contribution in [3.63, 3.8) is 0 Å². The number of benzene rings is 3. The lowest BCUT2D eigenvalue weighted by molar-refractivity contribution is 0.0923. The summed E-state index contributed by atoms with van der Waals surface area (Å²) < 4.78 is 34.9. The van der Waals surface area contributed by atoms with Gasteiger partial charge in [-0.15, -0.1) is 0 Å². The van der Waals surface area contributed by atoms with Crippen molar-refractivity contribution in [3.8, 4) is 0 Å². The van der Waals surface area contributed by atoms with Crippen LogP contribution in [0, 0.1) is 6.92 Å². The second-order valence-electron chi connectivity index (χ2n) is 9.63. The molecule has 1 N–H and O–H groups in total. The number of likely N-dealkylation sites (tertiary alicyclic amines) is 1. The topological polar surface area (TPSA) is 82.9 Å². The highest BCUT2D eigenvalue weighted by Crippen LogP contribution is 2.33. The van der Waals surface area contributed by atoms with E-state index in [2.05, 4.69) is 10.2 Å². The zero-order valence-electron chi connectivity index (χ0n) is 21.5. The first-order valence-corrected chi connectivity index (χ1v) is 15.0. The van der Waals surface area contributed by atoms with Gasteiger partial charge in [0.2, 0.25) is 0 Å². The largest absolute Gasteiger partial charge is 0.451 e. The van der Waals surface area contributed by atoms with Gasteiger partial charge in [0, 0.05) is 34.1 Å². The molecule has 0 radical (unpaired) electrons. The van der Waals surface area contributed by atoms with Gasteiger partial charge in [0.05, 0.1) is 17.1 Å². The average Bonchev–Trinajstić information content (AvgIpc) is 3.56. The minimum absolute atomic E-state index is 0.0778. The normalized spacial score (nSPS) is 14.1. The van der Waals surface area contributed by atoms with Crippen molar-refractivity contribution < 1.29 is 17.6 Å². The van der Waals surface area contributed by atoms with Crippen molar-refractivity contribution in [1.29, 1.82) is 0 Å². The van der Waals surface area contributed by atoms with E-state index in [4.69, 9.17) is 27.6 Å². The number of fused-ring (bicyclic) bond motifs is 1. The molecule has 1 fully saturated rings. The Labute approximate surface area is 238 Å². The van der Waals surface area contributed by atoms with E-state index in [-0.39, 0.29) is 23.1 Å². The third kappa shape index (κ3) is 6.09. The Balaban J connectivity index is 1.47. The molecule has 1 amide bonds. The Hall–Kier alpha value is -3.04. The lowest BCUT2D eigenvalue weighted by Gasteiger charge is -2.25. The van der Waals surface area contributed by atoms with Gasteiger partial charge in [-0.1, -0.05) is 35.3 Å². The van der Waals surface area contributed by atoms with Gasteiger partial charge >= 0.3 is 0 Å². The van der Waals surface area contributed by atoms with Gasteiger partial charge in [-0.3, -0.25) is 9.10 Å². The van der Waals surface area contributed by atoms with E-state index in [0.29, 0.717) is 38.8 Å². The van der Waals surface area contributed by atoms with Crippen molar-refractivity contribution >= 4 is 55.8 Å². The van der Waals surface area contributed by atoms with Crippen LogP contribution in [0.1, 0.15) is 34.5 Å². The molecule has 1 aromatic heterocycles. The molecule has 0 atom stereocenters. The van der Waals surface area contributed by atoms with Crippen LogP contribution < -0.4 is 9.62 Å². The van der Waals surface area contributed by atoms with E-state index in [1.807, 2.05) is 6.92 Å². The summed E-state index contributed by atoms with van der Waals surface area (Å²) in [7, 11) is -3.96. The highest BCUT2D eigenvalue weighted by Gasteiger charge is 2.27. The number of nitrogens with one attached hydrogen (secondary N) is 1. The van der Waals surface area contributed by atoms with E-state index in [0.717, 1.165) is 25.2 Å². The Kier molecular flexibility index (Phi) is 8.19. The fraction of sp³-hybridized carbons (Fsp3) is 0.276. The van der Waals surface area contributed by atoms with Gasteiger partial charge in [-0.05, 0) is 93.0 Å². The summed E-state index contributed by atoms with van der Waals surface area (Å²) in [4.78, 5) is 15.4. The summed E-state index contributed by atoms with van der Waals surface area (Å²) in [6.07, 6.45) is 2.39. The van der Waals surface area contributed by atoms with Crippen molar-refractivity contribution in [1.82, 2.24) is 10.2 Å². The Morgan fingerprint density at radius 3 is 2.28 bits per heavy atom. The van der Waals surface area contributed by atoms with Crippen LogP contribution in [0.2, 0.25) is 10.0 Å². The molecule has 0 bridgehead atoms. The molecule has 0 aliphatic carbocycles. The van der Waals surface area contributed by atoms with Crippen LogP contribution in [-0.4, -0.2) is 45.4 Å². The Morgan fingerprint density at radius 1 is 0.974 bits per heavy atom. The quantitative estimate of drug-likeness (QED) is 0.250. The highest BCUT2D eigenvalue weighted by molar-refractivity contribution is 7.92. The SMILES string of the molecule is Cc1c(C(=O)NCCN2CCCC2)oc2ccc(N(Cc3ccc(Cl)cc3)S(=O)(=O)c3ccc(Cl)cc3)cc12. The van der Waals surface area contributed by atoms with E-state index >= 15 is 0 Å². The van der Waals surface area contributed by atoms with Crippen LogP contribution in [0.4, 0.5) is 5.69 Å². The van der Waals surface area contributed by atoms with Crippen molar-refractivity contribution in [2.75, 3.05) is 30.5 Å². The molecule has 39 heavy (non-hydrogen) atoms. The maximum Gasteiger partial charge on any atom is 0.287 e. The number of carbonyl (C=O) groups excluding carboxylic acids is 1. The van der Waals surface area contributed by atoms with E-state index in [1.54, 1.807) is 54.6 Å². The molecule has 2 heterocycles. The molecule has 1 aliphatic rings. The summed E-state index contributed by atoms with van der Waals surface area (Å²) in [6.45, 7) is 5.35. The number of furan rings is 1. The first kappa shape index (κ1) is 27.5. The number of carbonyl (C=O) groups is 1. The third-order valence-corrected chi connectivity index (χ3v) is 9.26. The smallest absolute Gasteiger partial charge is 0.287 e. The average molecular weight is 587 g/mol. The minimum atomic E-state index is -3.96. The van der Waals surface area contributed by atoms with Gasteiger partial charge in [0.15, 0.2) is 5.76 Å². The Bertz CT molecular complexity index is 1580. The lowest BCUT2D eigenvalue weighted by atomic mass is 10.1. The molecule has 3 aromatic carbocycles. The number of hydrogen-bond donors (Lipinski definition) is 1. The second-order valence-corrected chi connectivity index (χ2v) is 12.4. The molecule has 1 saturated heterocycles. The number of aryl methyl sites for hydroxylation is 1. The molecule has 0 saturated carbocycles. The van der Waals surface area contributed by atoms with Crippen LogP contribution in [0.5, 0.6) is 0 Å². The molecule has 5 rings (SSSR count). The van der Waals surface area contributed by atoms with Crippen LogP contribution in [-0.2, 0) is 16.6 Å². The fourth-order valence-electron chi connectivity index (χ4n) is 4.80. The maximum absolute atomic E-state index is 13.8. The first-order valence-electron chi connectivity index (χ1n) is 12.8. The molecule has 7 nitrogen and oxygen atoms in total. The number of sulfonamides is 1. The summed E-state index contributed by atoms with van der Waals surface area (Å²) >= 11 is 12.1. The molecule has 204 valence electrons. The van der Waals surface area contributed by atoms with Gasteiger partial charge < -0.3 is 14.6 Å². The van der Waals surface area contributed by atoms with Crippen molar-refractivity contribution in [2.24, 2.45) is 0 Å². The highest BCUT2D eigenvalue weighted by atomic mass is 35.5. The maximum atomic E-state index is 13.8. The number of nitrogens with zero attached hydrogens (tertiary/aromatic N) is 2. The zero-order valence-corrected chi connectivity index (χ0v) is 23.8. The molecule has 0 spiro atoms. The van der Waals surface area contributed by atoms with Crippen LogP contribution in [0.15, 0.2) is 76.0 Å². The van der Waals surface area contributed by atoms with Gasteiger partial charge in [0.1, 0.15) is 5.58 Å². The number of halogens is 2. The van der Waals surface area contributed by atoms with Gasteiger partial charge in [0.25, 0.3) is 15.9 Å². The third-order valence-electron chi connectivity index (χ3n) is 6.97. The van der Waals surface area contributed by atoms with Crippen molar-refractivity contribution in [2.45, 2.75) is 31.2 Å². The molecular formula is C29H29Cl2N3O4S. The summed E-state index contributed by atoms with van der Waals surface area (Å²) in [5, 5.41) is 4.63. The molecular weight excluding hydrogens is 557 g/mol. The molecule has 0 unspecified atom stereocenters. The van der Waals surface area contributed by atoms with Gasteiger partial charge in [-0.25, -0.2) is 8.42 Å². The standard InChI is InChI=1S/C29H29Cl2N3O4S/c1-20-26-18-24(10-13-27(26)38-28(20)29(35)32-14-17-33-15-2-3-16-33)34(19-21-4-6-22(30)7-5-21)39(36,37)25-11-8-23(31)9-12-25/h4-13,18H,2-3,14-17,19H2,1H3,(H,32,35). The minimum Gasteiger partial charge on any atom is -0.451 e. The number of hydrogen-bond acceptors (Lipinski definition) is 5. The van der Waals surface area contributed by atoms with E-state index in [9.17, 15) is 13.2 Å². The lowest BCUT2D eigenvalue weighted by Crippen LogP contribution is -2.33. The number of anilines is 1. The predicted molar refractivity (Wildman–Crippen MR) is 155 cm³/mol. The second kappa shape index (κ2) is 11.6. The van der Waals surface area contributed by atoms with Crippen LogP contribution in [0.25, 0.3) is 11.0 Å². The van der Waals surface area contributed by atoms with E-state index in [1.165, 1.54) is 29.3 Å². The number of rotatable bonds is 9. The fourth-order valence-corrected chi connectivity index (χ4v) is 6.50. The number of amides is 1. The monoisotopic (exact) mass is 585 g/mol. The first-order chi connectivity index (χ1) is 18.7. The zero-order chi connectivity index (χ0) is 27.6. The molecule has 10 heteroatoms. The van der Waals surface area contributed by atoms with Crippen molar-refractivity contribution in [3.05, 3.63) is 93.7 Å². The summed E-state index contributed by atoms with van der Waals surface area (Å²) in [5.74, 6) is -0.0513. The van der Waals surface area contributed by atoms with Crippen LogP contribution in [0.3, 0.4) is 0 Å². The summed E-state index contributed by atoms with van der Waals surface area (Å²) in [6, 6.07) is 18.2. The summed E-state index contributed by atoms with van der Waals surface area (Å²) in [5.41, 5.74) is 2.37. The van der Waals surface area contributed by atoms with Crippen LogP contribution >= 0.6 is 23.2 Å². The predicted octanol–water partition coefficient (Wildman–Crippen LogP) is 6.27. The Morgan fingerprint density at radius 2 is 1.62 bits per heavy atom.